The van der Waals surface area contributed by atoms with Crippen molar-refractivity contribution in [3.8, 4) is 5.88 Å². The Morgan fingerprint density at radius 1 is 1.73 bits per heavy atom. The van der Waals surface area contributed by atoms with E-state index >= 15 is 0 Å². The summed E-state index contributed by atoms with van der Waals surface area (Å²) in [6.45, 7) is 1.06. The zero-order chi connectivity index (χ0) is 7.84. The molecule has 0 saturated carbocycles. The summed E-state index contributed by atoms with van der Waals surface area (Å²) in [5.74, 6) is -0.842. The van der Waals surface area contributed by atoms with Crippen LogP contribution >= 0.6 is 0 Å². The molecule has 6 nitrogen and oxygen atoms in total. The second-order valence-electron chi connectivity index (χ2n) is 2.12. The molecule has 1 aromatic heterocycles. The van der Waals surface area contributed by atoms with Gasteiger partial charge in [-0.05, 0) is 0 Å². The number of ether oxygens (including phenoxy) is 1. The highest BCUT2D eigenvalue weighted by molar-refractivity contribution is 5.87. The minimum Gasteiger partial charge on any atom is -0.476 e. The minimum atomic E-state index is -1.10. The number of carbonyl (C=O) groups is 1. The fraction of sp³-hybridized carbons (Fsp3) is 0.400. The molecule has 1 aliphatic rings. The number of carboxylic acids is 1. The molecule has 0 aliphatic carbocycles. The Morgan fingerprint density at radius 2 is 2.55 bits per heavy atom. The molecule has 0 unspecified atom stereocenters. The molecule has 1 aliphatic heterocycles. The number of fused-ring (bicyclic) bond motifs is 1. The molecule has 1 aromatic rings. The van der Waals surface area contributed by atoms with Crippen LogP contribution in [0.2, 0.25) is 0 Å². The molecule has 2 heterocycles. The summed E-state index contributed by atoms with van der Waals surface area (Å²) in [4.78, 5) is 10.4. The molecule has 2 rings (SSSR count). The first-order chi connectivity index (χ1) is 5.29. The van der Waals surface area contributed by atoms with Gasteiger partial charge < -0.3 is 9.84 Å². The van der Waals surface area contributed by atoms with Crippen LogP contribution in [0, 0.1) is 0 Å². The maximum Gasteiger partial charge on any atom is 0.362 e. The zero-order valence-corrected chi connectivity index (χ0v) is 5.52. The maximum absolute atomic E-state index is 10.4. The van der Waals surface area contributed by atoms with Gasteiger partial charge in [0.05, 0.1) is 6.54 Å². The molecule has 0 amide bonds. The maximum atomic E-state index is 10.4. The molecule has 0 radical (unpaired) electrons. The van der Waals surface area contributed by atoms with Crippen molar-refractivity contribution in [2.75, 3.05) is 6.61 Å². The van der Waals surface area contributed by atoms with E-state index in [1.54, 1.807) is 0 Å². The smallest absolute Gasteiger partial charge is 0.362 e. The van der Waals surface area contributed by atoms with Crippen molar-refractivity contribution in [2.45, 2.75) is 6.54 Å². The molecule has 0 atom stereocenters. The Balaban J connectivity index is 2.50. The average Bonchev–Trinajstić information content (AvgIpc) is 2.41. The van der Waals surface area contributed by atoms with E-state index in [1.165, 1.54) is 4.68 Å². The molecular weight excluding hydrogens is 150 g/mol. The first-order valence-corrected chi connectivity index (χ1v) is 3.08. The van der Waals surface area contributed by atoms with Crippen molar-refractivity contribution < 1.29 is 14.6 Å². The van der Waals surface area contributed by atoms with Crippen molar-refractivity contribution in [3.63, 3.8) is 0 Å². The van der Waals surface area contributed by atoms with E-state index in [-0.39, 0.29) is 11.6 Å². The molecule has 0 fully saturated rings. The Bertz CT molecular complexity index is 306. The van der Waals surface area contributed by atoms with Gasteiger partial charge in [-0.15, -0.1) is 5.10 Å². The number of nitrogens with zero attached hydrogens (tertiary/aromatic N) is 3. The van der Waals surface area contributed by atoms with Crippen LogP contribution < -0.4 is 4.74 Å². The summed E-state index contributed by atoms with van der Waals surface area (Å²) in [6, 6.07) is 0. The lowest BCUT2D eigenvalue weighted by Crippen LogP contribution is -2.00. The first-order valence-electron chi connectivity index (χ1n) is 3.08. The van der Waals surface area contributed by atoms with Crippen LogP contribution in [0.1, 0.15) is 10.5 Å². The van der Waals surface area contributed by atoms with Gasteiger partial charge in [-0.1, -0.05) is 5.21 Å². The van der Waals surface area contributed by atoms with Gasteiger partial charge in [-0.25, -0.2) is 9.48 Å². The quantitative estimate of drug-likeness (QED) is 0.584. The predicted octanol–water partition coefficient (Wildman–Crippen LogP) is -0.631. The van der Waals surface area contributed by atoms with E-state index in [2.05, 4.69) is 10.3 Å². The topological polar surface area (TPSA) is 77.2 Å². The van der Waals surface area contributed by atoms with Crippen LogP contribution in [-0.2, 0) is 6.54 Å². The summed E-state index contributed by atoms with van der Waals surface area (Å²) < 4.78 is 6.42. The molecule has 0 aromatic carbocycles. The summed E-state index contributed by atoms with van der Waals surface area (Å²) >= 11 is 0. The number of aromatic carboxylic acids is 1. The number of hydrogen-bond donors (Lipinski definition) is 1. The number of rotatable bonds is 1. The first kappa shape index (κ1) is 6.14. The van der Waals surface area contributed by atoms with Crippen LogP contribution in [0.15, 0.2) is 0 Å². The van der Waals surface area contributed by atoms with E-state index in [0.717, 1.165) is 0 Å². The highest BCUT2D eigenvalue weighted by Crippen LogP contribution is 2.19. The van der Waals surface area contributed by atoms with Gasteiger partial charge in [0.25, 0.3) is 0 Å². The van der Waals surface area contributed by atoms with Crippen LogP contribution in [0.4, 0.5) is 0 Å². The number of hydrogen-bond acceptors (Lipinski definition) is 4. The minimum absolute atomic E-state index is 0.109. The lowest BCUT2D eigenvalue weighted by molar-refractivity contribution is 0.0686. The second kappa shape index (κ2) is 1.94. The summed E-state index contributed by atoms with van der Waals surface area (Å²) in [6.07, 6.45) is 0. The molecular formula is C5H5N3O3. The van der Waals surface area contributed by atoms with E-state index in [0.29, 0.717) is 13.2 Å². The molecule has 58 valence electrons. The third-order valence-corrected chi connectivity index (χ3v) is 1.43. The standard InChI is InChI=1S/C5H5N3O3/c9-5(10)3-4-8(7-6-3)1-2-11-4/h1-2H2,(H,9,10). The van der Waals surface area contributed by atoms with Gasteiger partial charge in [0, 0.05) is 0 Å². The lowest BCUT2D eigenvalue weighted by atomic mass is 10.5. The Kier molecular flexibility index (Phi) is 1.09. The molecule has 1 N–H and O–H groups in total. The van der Waals surface area contributed by atoms with E-state index in [9.17, 15) is 4.79 Å². The van der Waals surface area contributed by atoms with E-state index < -0.39 is 5.97 Å². The third kappa shape index (κ3) is 0.754. The summed E-state index contributed by atoms with van der Waals surface area (Å²) in [7, 11) is 0. The normalized spacial score (nSPS) is 14.2. The number of carboxylic acid groups (broad SMARTS) is 1. The largest absolute Gasteiger partial charge is 0.476 e. The fourth-order valence-corrected chi connectivity index (χ4v) is 0.957. The summed E-state index contributed by atoms with van der Waals surface area (Å²) in [5, 5.41) is 15.5. The third-order valence-electron chi connectivity index (χ3n) is 1.43. The van der Waals surface area contributed by atoms with E-state index in [1.807, 2.05) is 0 Å². The van der Waals surface area contributed by atoms with Crippen LogP contribution in [0.5, 0.6) is 5.88 Å². The van der Waals surface area contributed by atoms with Crippen molar-refractivity contribution in [3.05, 3.63) is 5.69 Å². The lowest BCUT2D eigenvalue weighted by Gasteiger charge is -1.90. The van der Waals surface area contributed by atoms with Crippen molar-refractivity contribution in [2.24, 2.45) is 0 Å². The highest BCUT2D eigenvalue weighted by Gasteiger charge is 2.24. The Morgan fingerprint density at radius 3 is 3.27 bits per heavy atom. The van der Waals surface area contributed by atoms with Gasteiger partial charge >= 0.3 is 5.97 Å². The molecule has 11 heavy (non-hydrogen) atoms. The Hall–Kier alpha value is -1.59. The SMILES string of the molecule is O=C(O)c1nnn2c1OCC2. The van der Waals surface area contributed by atoms with Gasteiger partial charge in [-0.2, -0.15) is 0 Å². The van der Waals surface area contributed by atoms with Gasteiger partial charge in [0.2, 0.25) is 11.6 Å². The Labute approximate surface area is 61.4 Å². The summed E-state index contributed by atoms with van der Waals surface area (Å²) in [5.41, 5.74) is -0.109. The van der Waals surface area contributed by atoms with Gasteiger partial charge in [0.1, 0.15) is 6.61 Å². The molecule has 0 saturated heterocycles. The highest BCUT2D eigenvalue weighted by atomic mass is 16.5. The predicted molar refractivity (Wildman–Crippen MR) is 32.5 cm³/mol. The zero-order valence-electron chi connectivity index (χ0n) is 5.52. The molecule has 0 spiro atoms. The fourth-order valence-electron chi connectivity index (χ4n) is 0.957. The van der Waals surface area contributed by atoms with Crippen molar-refractivity contribution in [1.82, 2.24) is 15.0 Å². The van der Waals surface area contributed by atoms with E-state index in [4.69, 9.17) is 9.84 Å². The van der Waals surface area contributed by atoms with Crippen molar-refractivity contribution >= 4 is 5.97 Å². The molecule has 6 heteroatoms. The van der Waals surface area contributed by atoms with Crippen molar-refractivity contribution in [1.29, 1.82) is 0 Å². The van der Waals surface area contributed by atoms with Gasteiger partial charge in [-0.3, -0.25) is 0 Å². The van der Waals surface area contributed by atoms with Crippen LogP contribution in [0.25, 0.3) is 0 Å². The average molecular weight is 155 g/mol. The second-order valence-corrected chi connectivity index (χ2v) is 2.12. The van der Waals surface area contributed by atoms with Gasteiger partial charge in [0.15, 0.2) is 0 Å². The monoisotopic (exact) mass is 155 g/mol. The van der Waals surface area contributed by atoms with Crippen LogP contribution in [0.3, 0.4) is 0 Å². The molecule has 0 bridgehead atoms. The number of aromatic nitrogens is 3. The van der Waals surface area contributed by atoms with Crippen LogP contribution in [-0.4, -0.2) is 32.7 Å².